The molecule has 3 atom stereocenters. The Labute approximate surface area is 121 Å². The molecule has 1 aromatic carbocycles. The smallest absolute Gasteiger partial charge is 0.151 e. The van der Waals surface area contributed by atoms with Crippen molar-refractivity contribution in [3.05, 3.63) is 35.4 Å². The van der Waals surface area contributed by atoms with Crippen LogP contribution in [0.2, 0.25) is 0 Å². The molecule has 0 saturated heterocycles. The lowest BCUT2D eigenvalue weighted by Crippen LogP contribution is -2.28. The Morgan fingerprint density at radius 1 is 1.30 bits per heavy atom. The summed E-state index contributed by atoms with van der Waals surface area (Å²) in [7, 11) is -3.15. The largest absolute Gasteiger partial charge is 0.381 e. The van der Waals surface area contributed by atoms with Crippen molar-refractivity contribution < 1.29 is 13.2 Å². The van der Waals surface area contributed by atoms with Crippen molar-refractivity contribution in [3.63, 3.8) is 0 Å². The molecule has 0 heterocycles. The molecule has 0 bridgehead atoms. The topological polar surface area (TPSA) is 69.4 Å². The van der Waals surface area contributed by atoms with Gasteiger partial charge in [0, 0.05) is 30.7 Å². The summed E-state index contributed by atoms with van der Waals surface area (Å²) in [6.45, 7) is 5.21. The lowest BCUT2D eigenvalue weighted by Gasteiger charge is -2.15. The third-order valence-electron chi connectivity index (χ3n) is 4.23. The van der Waals surface area contributed by atoms with Gasteiger partial charge in [0.15, 0.2) is 9.84 Å². The minimum Gasteiger partial charge on any atom is -0.381 e. The van der Waals surface area contributed by atoms with Crippen molar-refractivity contribution in [1.82, 2.24) is 0 Å². The van der Waals surface area contributed by atoms with E-state index < -0.39 is 20.5 Å². The molecule has 112 valence electrons. The zero-order valence-electron chi connectivity index (χ0n) is 12.3. The van der Waals surface area contributed by atoms with Gasteiger partial charge in [-0.05, 0) is 19.4 Å². The molecule has 1 fully saturated rings. The van der Waals surface area contributed by atoms with Crippen LogP contribution in [0, 0.1) is 12.3 Å². The number of rotatable bonds is 6. The first kappa shape index (κ1) is 15.5. The average molecular weight is 297 g/mol. The normalized spacial score (nSPS) is 29.4. The molecule has 1 aromatic rings. The predicted octanol–water partition coefficient (Wildman–Crippen LogP) is 1.49. The van der Waals surface area contributed by atoms with Gasteiger partial charge in [-0.1, -0.05) is 29.8 Å². The fourth-order valence-corrected chi connectivity index (χ4v) is 5.18. The first-order valence-corrected chi connectivity index (χ1v) is 8.85. The number of sulfone groups is 1. The lowest BCUT2D eigenvalue weighted by atomic mass is 9.99. The minimum atomic E-state index is -3.15. The van der Waals surface area contributed by atoms with Crippen molar-refractivity contribution in [2.75, 3.05) is 26.0 Å². The zero-order valence-corrected chi connectivity index (χ0v) is 13.1. The highest BCUT2D eigenvalue weighted by atomic mass is 32.2. The van der Waals surface area contributed by atoms with Crippen LogP contribution in [0.5, 0.6) is 0 Å². The molecule has 0 aromatic heterocycles. The molecule has 1 aliphatic carbocycles. The van der Waals surface area contributed by atoms with Crippen molar-refractivity contribution in [3.8, 4) is 0 Å². The maximum absolute atomic E-state index is 12.1. The number of benzene rings is 1. The summed E-state index contributed by atoms with van der Waals surface area (Å²) in [5.41, 5.74) is 7.64. The highest BCUT2D eigenvalue weighted by molar-refractivity contribution is 7.91. The Kier molecular flexibility index (Phi) is 4.23. The van der Waals surface area contributed by atoms with Crippen LogP contribution in [-0.4, -0.2) is 39.7 Å². The Morgan fingerprint density at radius 3 is 2.35 bits per heavy atom. The predicted molar refractivity (Wildman–Crippen MR) is 80.5 cm³/mol. The van der Waals surface area contributed by atoms with E-state index in [4.69, 9.17) is 10.5 Å². The van der Waals surface area contributed by atoms with Crippen LogP contribution >= 0.6 is 0 Å². The fraction of sp³-hybridized carbons (Fsp3) is 0.600. The lowest BCUT2D eigenvalue weighted by molar-refractivity contribution is 0.101. The van der Waals surface area contributed by atoms with Crippen molar-refractivity contribution in [2.24, 2.45) is 11.1 Å². The molecule has 2 N–H and O–H groups in total. The number of hydrogen-bond donors (Lipinski definition) is 1. The van der Waals surface area contributed by atoms with Gasteiger partial charge >= 0.3 is 0 Å². The van der Waals surface area contributed by atoms with E-state index in [0.29, 0.717) is 19.8 Å². The molecule has 20 heavy (non-hydrogen) atoms. The third-order valence-corrected chi connectivity index (χ3v) is 5.90. The number of aryl methyl sites for hydroxylation is 1. The van der Waals surface area contributed by atoms with Crippen LogP contribution in [0.4, 0.5) is 0 Å². The quantitative estimate of drug-likeness (QED) is 0.863. The van der Waals surface area contributed by atoms with Crippen LogP contribution in [0.3, 0.4) is 0 Å². The standard InChI is InChI=1S/C15H23NO3S/c1-4-19-10-15(9-16)13(14(15)20(3,17)18)12-7-5-11(2)6-8-12/h5-8,13-14H,4,9-10,16H2,1-3H3/t13-,14+,15-/m1/s1. The van der Waals surface area contributed by atoms with E-state index in [9.17, 15) is 8.42 Å². The first-order chi connectivity index (χ1) is 9.36. The van der Waals surface area contributed by atoms with E-state index in [2.05, 4.69) is 0 Å². The summed E-state index contributed by atoms with van der Waals surface area (Å²) >= 11 is 0. The Morgan fingerprint density at radius 2 is 1.90 bits per heavy atom. The molecule has 0 aliphatic heterocycles. The average Bonchev–Trinajstić information content (AvgIpc) is 3.07. The Hall–Kier alpha value is -0.910. The van der Waals surface area contributed by atoms with Crippen LogP contribution in [-0.2, 0) is 14.6 Å². The zero-order chi connectivity index (χ0) is 15.0. The van der Waals surface area contributed by atoms with Crippen LogP contribution in [0.1, 0.15) is 24.0 Å². The molecular weight excluding hydrogens is 274 g/mol. The fourth-order valence-electron chi connectivity index (χ4n) is 3.17. The van der Waals surface area contributed by atoms with Gasteiger partial charge in [0.1, 0.15) is 0 Å². The Balaban J connectivity index is 2.36. The van der Waals surface area contributed by atoms with Gasteiger partial charge in [-0.3, -0.25) is 0 Å². The van der Waals surface area contributed by atoms with Crippen molar-refractivity contribution >= 4 is 9.84 Å². The highest BCUT2D eigenvalue weighted by Crippen LogP contribution is 2.62. The van der Waals surface area contributed by atoms with E-state index in [1.54, 1.807) is 0 Å². The second kappa shape index (κ2) is 5.47. The van der Waals surface area contributed by atoms with Gasteiger partial charge in [-0.25, -0.2) is 8.42 Å². The third kappa shape index (κ3) is 2.62. The van der Waals surface area contributed by atoms with Crippen molar-refractivity contribution in [2.45, 2.75) is 25.0 Å². The van der Waals surface area contributed by atoms with E-state index in [-0.39, 0.29) is 5.92 Å². The van der Waals surface area contributed by atoms with E-state index in [1.807, 2.05) is 38.1 Å². The molecule has 0 unspecified atom stereocenters. The minimum absolute atomic E-state index is 0.0605. The van der Waals surface area contributed by atoms with Gasteiger partial charge in [0.25, 0.3) is 0 Å². The molecule has 0 amide bonds. The van der Waals surface area contributed by atoms with Gasteiger partial charge in [-0.2, -0.15) is 0 Å². The maximum atomic E-state index is 12.1. The van der Waals surface area contributed by atoms with Gasteiger partial charge < -0.3 is 10.5 Å². The summed E-state index contributed by atoms with van der Waals surface area (Å²) in [5.74, 6) is -0.0605. The van der Waals surface area contributed by atoms with Gasteiger partial charge in [0.05, 0.1) is 11.9 Å². The van der Waals surface area contributed by atoms with Gasteiger partial charge in [-0.15, -0.1) is 0 Å². The van der Waals surface area contributed by atoms with Crippen LogP contribution in [0.15, 0.2) is 24.3 Å². The second-order valence-electron chi connectivity index (χ2n) is 5.71. The number of ether oxygens (including phenoxy) is 1. The SMILES string of the molecule is CCOC[C@]1(CN)[C@H](c2ccc(C)cc2)[C@@H]1S(C)(=O)=O. The van der Waals surface area contributed by atoms with E-state index >= 15 is 0 Å². The molecule has 1 aliphatic rings. The molecule has 0 radical (unpaired) electrons. The number of hydrogen-bond acceptors (Lipinski definition) is 4. The second-order valence-corrected chi connectivity index (χ2v) is 7.88. The molecule has 4 nitrogen and oxygen atoms in total. The van der Waals surface area contributed by atoms with Crippen LogP contribution in [0.25, 0.3) is 0 Å². The summed E-state index contributed by atoms with van der Waals surface area (Å²) in [6, 6.07) is 8.02. The molecule has 5 heteroatoms. The molecule has 0 spiro atoms. The maximum Gasteiger partial charge on any atom is 0.151 e. The Bertz CT molecular complexity index is 567. The molecule has 1 saturated carbocycles. The number of nitrogens with two attached hydrogens (primary N) is 1. The summed E-state index contributed by atoms with van der Waals surface area (Å²) in [4.78, 5) is 0. The summed E-state index contributed by atoms with van der Waals surface area (Å²) in [5, 5.41) is -0.436. The molecule has 2 rings (SSSR count). The summed E-state index contributed by atoms with van der Waals surface area (Å²) < 4.78 is 29.6. The summed E-state index contributed by atoms with van der Waals surface area (Å²) in [6.07, 6.45) is 1.29. The van der Waals surface area contributed by atoms with E-state index in [0.717, 1.165) is 11.1 Å². The van der Waals surface area contributed by atoms with Crippen molar-refractivity contribution in [1.29, 1.82) is 0 Å². The van der Waals surface area contributed by atoms with Crippen LogP contribution < -0.4 is 5.73 Å². The molecular formula is C15H23NO3S. The van der Waals surface area contributed by atoms with E-state index in [1.165, 1.54) is 6.26 Å². The highest BCUT2D eigenvalue weighted by Gasteiger charge is 2.69. The monoisotopic (exact) mass is 297 g/mol. The van der Waals surface area contributed by atoms with Gasteiger partial charge in [0.2, 0.25) is 0 Å². The first-order valence-electron chi connectivity index (χ1n) is 6.90.